The Morgan fingerprint density at radius 1 is 0.293 bits per heavy atom. The van der Waals surface area contributed by atoms with Gasteiger partial charge in [-0.05, 0) is 45.5 Å². The molecule has 4 heteroatoms. The normalized spacial score (nSPS) is 11.5. The Labute approximate surface area is 243 Å². The molecule has 0 N–H and O–H groups in total. The number of nitrogens with zero attached hydrogens (tertiary/aromatic N) is 2. The first kappa shape index (κ1) is 27.0. The second-order valence-corrected chi connectivity index (χ2v) is 16.6. The highest BCUT2D eigenvalue weighted by Crippen LogP contribution is 2.64. The predicted octanol–water partition coefficient (Wildman–Crippen LogP) is 9.31. The molecule has 0 saturated heterocycles. The number of benzene rings is 6. The van der Waals surface area contributed by atoms with Gasteiger partial charge in [0.05, 0.1) is 11.4 Å². The molecule has 0 unspecified atom stereocenters. The van der Waals surface area contributed by atoms with Crippen LogP contribution in [-0.4, -0.2) is 5.90 Å². The molecule has 0 fully saturated rings. The number of rotatable bonds is 8. The summed E-state index contributed by atoms with van der Waals surface area (Å²) in [7, 11) is -4.86. The van der Waals surface area contributed by atoms with Crippen LogP contribution in [0, 0.1) is 0 Å². The summed E-state index contributed by atoms with van der Waals surface area (Å²) >= 11 is 0. The van der Waals surface area contributed by atoms with Gasteiger partial charge in [-0.15, -0.1) is 0 Å². The van der Waals surface area contributed by atoms with E-state index >= 15 is 0 Å². The largest absolute Gasteiger partial charge is 0.258 e. The zero-order valence-corrected chi connectivity index (χ0v) is 24.6. The molecule has 6 rings (SSSR count). The highest BCUT2D eigenvalue weighted by atomic mass is 31.2. The van der Waals surface area contributed by atoms with Crippen LogP contribution in [0.3, 0.4) is 0 Å². The van der Waals surface area contributed by atoms with Crippen LogP contribution in [0.5, 0.6) is 0 Å². The minimum atomic E-state index is -2.43. The lowest BCUT2D eigenvalue weighted by Crippen LogP contribution is -2.25. The summed E-state index contributed by atoms with van der Waals surface area (Å²) in [5.74, 6) is 0.797. The van der Waals surface area contributed by atoms with Crippen molar-refractivity contribution in [1.82, 2.24) is 0 Å². The van der Waals surface area contributed by atoms with Crippen LogP contribution in [-0.2, 0) is 0 Å². The maximum atomic E-state index is 5.79. The molecule has 0 atom stereocenters. The van der Waals surface area contributed by atoms with Crippen molar-refractivity contribution in [3.8, 4) is 0 Å². The van der Waals surface area contributed by atoms with Gasteiger partial charge >= 0.3 is 0 Å². The highest BCUT2D eigenvalue weighted by Gasteiger charge is 2.36. The van der Waals surface area contributed by atoms with E-state index in [0.29, 0.717) is 0 Å². The molecule has 0 aromatic heterocycles. The molecule has 0 aliphatic carbocycles. The topological polar surface area (TPSA) is 24.7 Å². The van der Waals surface area contributed by atoms with Crippen molar-refractivity contribution >= 4 is 46.7 Å². The lowest BCUT2D eigenvalue weighted by atomic mass is 10.3. The molecule has 41 heavy (non-hydrogen) atoms. The first-order valence-electron chi connectivity index (χ1n) is 13.8. The first-order chi connectivity index (χ1) is 20.3. The van der Waals surface area contributed by atoms with Gasteiger partial charge in [-0.25, -0.2) is 0 Å². The van der Waals surface area contributed by atoms with Crippen molar-refractivity contribution in [2.75, 3.05) is 5.90 Å². The molecule has 200 valence electrons. The maximum absolute atomic E-state index is 5.79. The summed E-state index contributed by atoms with van der Waals surface area (Å²) < 4.78 is 11.6. The molecule has 0 radical (unpaired) electrons. The zero-order chi connectivity index (χ0) is 27.8. The summed E-state index contributed by atoms with van der Waals surface area (Å²) in [6.45, 7) is 0. The van der Waals surface area contributed by atoms with Crippen LogP contribution >= 0.6 is 14.1 Å². The monoisotopic (exact) mass is 566 g/mol. The van der Waals surface area contributed by atoms with Crippen LogP contribution < -0.4 is 21.2 Å². The first-order valence-corrected chi connectivity index (χ1v) is 17.7. The molecule has 0 spiro atoms. The Balaban J connectivity index is 1.77. The third-order valence-electron chi connectivity index (χ3n) is 7.23. The zero-order valence-electron chi connectivity index (χ0n) is 22.8. The van der Waals surface area contributed by atoms with Gasteiger partial charge in [-0.2, -0.15) is 0 Å². The molecule has 0 aliphatic heterocycles. The van der Waals surface area contributed by atoms with Crippen LogP contribution in [0.15, 0.2) is 191 Å². The minimum Gasteiger partial charge on any atom is -0.258 e. The van der Waals surface area contributed by atoms with E-state index in [1.807, 2.05) is 0 Å². The highest BCUT2D eigenvalue weighted by molar-refractivity contribution is 7.96. The smallest absolute Gasteiger partial charge is 0.0621 e. The van der Waals surface area contributed by atoms with Crippen LogP contribution in [0.2, 0.25) is 0 Å². The Morgan fingerprint density at radius 2 is 0.512 bits per heavy atom. The fourth-order valence-corrected chi connectivity index (χ4v) is 15.6. The Kier molecular flexibility index (Phi) is 8.24. The van der Waals surface area contributed by atoms with Crippen molar-refractivity contribution in [1.29, 1.82) is 0 Å². The number of hydrogen-bond donors (Lipinski definition) is 0. The molecular weight excluding hydrogens is 534 g/mol. The van der Waals surface area contributed by atoms with Gasteiger partial charge < -0.3 is 0 Å². The van der Waals surface area contributed by atoms with Crippen molar-refractivity contribution in [2.45, 2.75) is 0 Å². The predicted molar refractivity (Wildman–Crippen MR) is 180 cm³/mol. The molecule has 6 aromatic rings. The van der Waals surface area contributed by atoms with Crippen LogP contribution in [0.1, 0.15) is 0 Å². The molecule has 0 aliphatic rings. The molecular formula is C37H32N2P2. The van der Waals surface area contributed by atoms with Crippen molar-refractivity contribution < 1.29 is 0 Å². The third-order valence-corrected chi connectivity index (χ3v) is 16.3. The average molecular weight is 567 g/mol. The summed E-state index contributed by atoms with van der Waals surface area (Å²) in [6, 6.07) is 64.6. The molecule has 0 amide bonds. The van der Waals surface area contributed by atoms with Gasteiger partial charge in [0, 0.05) is 20.0 Å². The van der Waals surface area contributed by atoms with Crippen LogP contribution in [0.4, 0.5) is 11.4 Å². The lowest BCUT2D eigenvalue weighted by molar-refractivity contribution is 1.53. The summed E-state index contributed by atoms with van der Waals surface area (Å²) in [4.78, 5) is 0. The summed E-state index contributed by atoms with van der Waals surface area (Å²) in [6.07, 6.45) is 0. The van der Waals surface area contributed by atoms with Crippen LogP contribution in [0.25, 0.3) is 0 Å². The van der Waals surface area contributed by atoms with Gasteiger partial charge in [-0.1, -0.05) is 158 Å². The van der Waals surface area contributed by atoms with Gasteiger partial charge in [-0.3, -0.25) is 9.49 Å². The van der Waals surface area contributed by atoms with E-state index in [0.717, 1.165) is 17.3 Å². The second-order valence-electron chi connectivity index (χ2n) is 9.89. The van der Waals surface area contributed by atoms with E-state index in [2.05, 4.69) is 182 Å². The standard InChI is InChI=1S/C37H32N2P2/c1-7-19-32(20-8-1)38-40(34-23-11-3-12-24-34,35-25-13-4-14-26-35)31-41(36-27-15-5-16-28-36,37-29-17-6-18-30-37)39-33-21-9-2-10-22-33/h1-30H,31H2. The third kappa shape index (κ3) is 5.82. The lowest BCUT2D eigenvalue weighted by Gasteiger charge is -2.35. The van der Waals surface area contributed by atoms with E-state index in [9.17, 15) is 0 Å². The van der Waals surface area contributed by atoms with E-state index < -0.39 is 14.1 Å². The Hall–Kier alpha value is -4.22. The maximum Gasteiger partial charge on any atom is 0.0621 e. The van der Waals surface area contributed by atoms with E-state index in [1.165, 1.54) is 21.2 Å². The van der Waals surface area contributed by atoms with E-state index in [1.54, 1.807) is 0 Å². The summed E-state index contributed by atoms with van der Waals surface area (Å²) in [5, 5.41) is 5.04. The summed E-state index contributed by atoms with van der Waals surface area (Å²) in [5.41, 5.74) is 1.99. The Morgan fingerprint density at radius 3 is 0.756 bits per heavy atom. The molecule has 2 nitrogen and oxygen atoms in total. The fraction of sp³-hybridized carbons (Fsp3) is 0.0270. The van der Waals surface area contributed by atoms with Crippen molar-refractivity contribution in [2.24, 2.45) is 9.49 Å². The fourth-order valence-electron chi connectivity index (χ4n) is 5.30. The van der Waals surface area contributed by atoms with Crippen molar-refractivity contribution in [3.63, 3.8) is 0 Å². The minimum absolute atomic E-state index is 0.797. The van der Waals surface area contributed by atoms with Crippen molar-refractivity contribution in [3.05, 3.63) is 182 Å². The number of hydrogen-bond acceptors (Lipinski definition) is 2. The van der Waals surface area contributed by atoms with E-state index in [4.69, 9.17) is 9.49 Å². The Bertz CT molecular complexity index is 1570. The molecule has 0 heterocycles. The van der Waals surface area contributed by atoms with Gasteiger partial charge in [0.2, 0.25) is 0 Å². The average Bonchev–Trinajstić information content (AvgIpc) is 3.06. The van der Waals surface area contributed by atoms with Gasteiger partial charge in [0.15, 0.2) is 0 Å². The van der Waals surface area contributed by atoms with Gasteiger partial charge in [0.1, 0.15) is 0 Å². The SMILES string of the molecule is c1ccc(N=P(CP(=Nc2ccccc2)(c2ccccc2)c2ccccc2)(c2ccccc2)c2ccccc2)cc1. The molecule has 0 bridgehead atoms. The molecule has 6 aromatic carbocycles. The van der Waals surface area contributed by atoms with E-state index in [-0.39, 0.29) is 0 Å². The second kappa shape index (κ2) is 12.5. The quantitative estimate of drug-likeness (QED) is 0.164. The van der Waals surface area contributed by atoms with Gasteiger partial charge in [0.25, 0.3) is 0 Å². The molecule has 0 saturated carbocycles.